The van der Waals surface area contributed by atoms with Gasteiger partial charge in [-0.1, -0.05) is 36.4 Å². The molecule has 1 unspecified atom stereocenters. The first-order valence-electron chi connectivity index (χ1n) is 5.99. The summed E-state index contributed by atoms with van der Waals surface area (Å²) in [6, 6.07) is 12.6. The molecule has 2 aromatic carbocycles. The predicted octanol–water partition coefficient (Wildman–Crippen LogP) is 1.72. The lowest BCUT2D eigenvalue weighted by Gasteiger charge is -2.13. The Bertz CT molecular complexity index is 702. The molecular weight excluding hydrogens is 279 g/mol. The van der Waals surface area contributed by atoms with Crippen LogP contribution in [0.3, 0.4) is 0 Å². The first kappa shape index (κ1) is 14.6. The summed E-state index contributed by atoms with van der Waals surface area (Å²) in [5.74, 6) is -0.622. The second-order valence-electron chi connectivity index (χ2n) is 4.52. The van der Waals surface area contributed by atoms with E-state index in [9.17, 15) is 12.8 Å². The summed E-state index contributed by atoms with van der Waals surface area (Å²) in [5.41, 5.74) is 7.26. The van der Waals surface area contributed by atoms with Gasteiger partial charge >= 0.3 is 0 Å². The Hall–Kier alpha value is -1.76. The van der Waals surface area contributed by atoms with Crippen molar-refractivity contribution < 1.29 is 12.8 Å². The minimum absolute atomic E-state index is 0.243. The van der Waals surface area contributed by atoms with Crippen LogP contribution in [0.2, 0.25) is 0 Å². The van der Waals surface area contributed by atoms with Gasteiger partial charge in [-0.15, -0.1) is 0 Å². The lowest BCUT2D eigenvalue weighted by molar-refractivity contribution is 0.580. The first-order chi connectivity index (χ1) is 9.38. The Kier molecular flexibility index (Phi) is 4.17. The molecule has 0 spiro atoms. The van der Waals surface area contributed by atoms with Crippen LogP contribution in [0.25, 0.3) is 0 Å². The topological polar surface area (TPSA) is 86.2 Å². The molecule has 4 nitrogen and oxygen atoms in total. The van der Waals surface area contributed by atoms with E-state index in [1.165, 1.54) is 12.1 Å². The summed E-state index contributed by atoms with van der Waals surface area (Å²) < 4.78 is 36.1. The van der Waals surface area contributed by atoms with Gasteiger partial charge in [0, 0.05) is 6.04 Å². The minimum Gasteiger partial charge on any atom is -0.324 e. The van der Waals surface area contributed by atoms with E-state index in [1.807, 2.05) is 30.3 Å². The van der Waals surface area contributed by atoms with E-state index in [4.69, 9.17) is 10.9 Å². The molecule has 0 fully saturated rings. The molecule has 1 atom stereocenters. The molecule has 2 aromatic rings. The Morgan fingerprint density at radius 3 is 2.30 bits per heavy atom. The van der Waals surface area contributed by atoms with Crippen LogP contribution < -0.4 is 10.9 Å². The fourth-order valence-electron chi connectivity index (χ4n) is 1.93. The molecular formula is C14H15FN2O2S. The summed E-state index contributed by atoms with van der Waals surface area (Å²) in [6.45, 7) is 0. The SMILES string of the molecule is NC(Cc1ccc(S(N)(=O)=O)cc1F)c1ccccc1. The zero-order chi connectivity index (χ0) is 14.8. The summed E-state index contributed by atoms with van der Waals surface area (Å²) >= 11 is 0. The minimum atomic E-state index is -3.89. The van der Waals surface area contributed by atoms with Crippen molar-refractivity contribution in [3.63, 3.8) is 0 Å². The monoisotopic (exact) mass is 294 g/mol. The highest BCUT2D eigenvalue weighted by atomic mass is 32.2. The third kappa shape index (κ3) is 3.41. The molecule has 106 valence electrons. The average Bonchev–Trinajstić information content (AvgIpc) is 2.41. The van der Waals surface area contributed by atoms with Crippen LogP contribution in [0.5, 0.6) is 0 Å². The van der Waals surface area contributed by atoms with E-state index in [-0.39, 0.29) is 17.4 Å². The predicted molar refractivity (Wildman–Crippen MR) is 74.8 cm³/mol. The molecule has 0 bridgehead atoms. The quantitative estimate of drug-likeness (QED) is 0.900. The number of halogens is 1. The maximum atomic E-state index is 13.9. The zero-order valence-corrected chi connectivity index (χ0v) is 11.5. The lowest BCUT2D eigenvalue weighted by atomic mass is 9.99. The molecule has 4 N–H and O–H groups in total. The summed E-state index contributed by atoms with van der Waals surface area (Å²) in [4.78, 5) is -0.243. The normalized spacial score (nSPS) is 13.2. The van der Waals surface area contributed by atoms with Crippen molar-refractivity contribution in [3.05, 3.63) is 65.5 Å². The van der Waals surface area contributed by atoms with Gasteiger partial charge in [0.15, 0.2) is 0 Å². The average molecular weight is 294 g/mol. The molecule has 20 heavy (non-hydrogen) atoms. The molecule has 0 aliphatic rings. The highest BCUT2D eigenvalue weighted by Crippen LogP contribution is 2.20. The van der Waals surface area contributed by atoms with Crippen molar-refractivity contribution in [3.8, 4) is 0 Å². The number of benzene rings is 2. The molecule has 0 saturated carbocycles. The highest BCUT2D eigenvalue weighted by Gasteiger charge is 2.14. The Labute approximate surface area is 117 Å². The van der Waals surface area contributed by atoms with E-state index < -0.39 is 15.8 Å². The zero-order valence-electron chi connectivity index (χ0n) is 10.7. The number of rotatable bonds is 4. The number of primary sulfonamides is 1. The van der Waals surface area contributed by atoms with Gasteiger partial charge < -0.3 is 5.73 Å². The van der Waals surface area contributed by atoms with Gasteiger partial charge in [-0.25, -0.2) is 17.9 Å². The van der Waals surface area contributed by atoms with Crippen LogP contribution in [0.4, 0.5) is 4.39 Å². The smallest absolute Gasteiger partial charge is 0.238 e. The van der Waals surface area contributed by atoms with Crippen molar-refractivity contribution in [2.24, 2.45) is 10.9 Å². The van der Waals surface area contributed by atoms with Gasteiger partial charge in [0.1, 0.15) is 5.82 Å². The summed E-state index contributed by atoms with van der Waals surface area (Å²) in [6.07, 6.45) is 0.279. The second-order valence-corrected chi connectivity index (χ2v) is 6.08. The Morgan fingerprint density at radius 2 is 1.75 bits per heavy atom. The molecule has 2 rings (SSSR count). The third-order valence-corrected chi connectivity index (χ3v) is 3.93. The van der Waals surface area contributed by atoms with Gasteiger partial charge in [0.2, 0.25) is 10.0 Å². The van der Waals surface area contributed by atoms with E-state index in [0.717, 1.165) is 11.6 Å². The highest BCUT2D eigenvalue weighted by molar-refractivity contribution is 7.89. The van der Waals surface area contributed by atoms with Crippen LogP contribution in [-0.4, -0.2) is 8.42 Å². The van der Waals surface area contributed by atoms with Crippen LogP contribution in [0.1, 0.15) is 17.2 Å². The van der Waals surface area contributed by atoms with Gasteiger partial charge in [-0.2, -0.15) is 0 Å². The summed E-state index contributed by atoms with van der Waals surface area (Å²) in [5, 5.41) is 4.95. The molecule has 6 heteroatoms. The van der Waals surface area contributed by atoms with E-state index in [0.29, 0.717) is 5.56 Å². The van der Waals surface area contributed by atoms with E-state index in [2.05, 4.69) is 0 Å². The van der Waals surface area contributed by atoms with Gasteiger partial charge in [0.05, 0.1) is 4.90 Å². The van der Waals surface area contributed by atoms with Gasteiger partial charge in [-0.3, -0.25) is 0 Å². The lowest BCUT2D eigenvalue weighted by Crippen LogP contribution is -2.15. The second kappa shape index (κ2) is 5.70. The first-order valence-corrected chi connectivity index (χ1v) is 7.54. The molecule has 0 amide bonds. The van der Waals surface area contributed by atoms with Crippen molar-refractivity contribution in [2.45, 2.75) is 17.4 Å². The van der Waals surface area contributed by atoms with Gasteiger partial charge in [-0.05, 0) is 29.7 Å². The number of sulfonamides is 1. The van der Waals surface area contributed by atoms with Crippen LogP contribution in [0, 0.1) is 5.82 Å². The van der Waals surface area contributed by atoms with Gasteiger partial charge in [0.25, 0.3) is 0 Å². The van der Waals surface area contributed by atoms with E-state index in [1.54, 1.807) is 0 Å². The summed E-state index contributed by atoms with van der Waals surface area (Å²) in [7, 11) is -3.89. The third-order valence-electron chi connectivity index (χ3n) is 3.02. The van der Waals surface area contributed by atoms with E-state index >= 15 is 0 Å². The van der Waals surface area contributed by atoms with Crippen molar-refractivity contribution in [2.75, 3.05) is 0 Å². The Balaban J connectivity index is 2.23. The maximum Gasteiger partial charge on any atom is 0.238 e. The molecule has 0 aliphatic carbocycles. The fourth-order valence-corrected chi connectivity index (χ4v) is 2.45. The maximum absolute atomic E-state index is 13.9. The molecule has 0 heterocycles. The molecule has 0 aromatic heterocycles. The van der Waals surface area contributed by atoms with Crippen LogP contribution in [-0.2, 0) is 16.4 Å². The standard InChI is InChI=1S/C14H15FN2O2S/c15-13-9-12(20(17,18)19)7-6-11(13)8-14(16)10-4-2-1-3-5-10/h1-7,9,14H,8,16H2,(H2,17,18,19). The molecule has 0 saturated heterocycles. The van der Waals surface area contributed by atoms with Crippen molar-refractivity contribution in [1.82, 2.24) is 0 Å². The Morgan fingerprint density at radius 1 is 1.10 bits per heavy atom. The molecule has 0 aliphatic heterocycles. The van der Waals surface area contributed by atoms with Crippen molar-refractivity contribution >= 4 is 10.0 Å². The largest absolute Gasteiger partial charge is 0.324 e. The van der Waals surface area contributed by atoms with Crippen molar-refractivity contribution in [1.29, 1.82) is 0 Å². The molecule has 0 radical (unpaired) electrons. The number of nitrogens with two attached hydrogens (primary N) is 2. The van der Waals surface area contributed by atoms with Crippen LogP contribution >= 0.6 is 0 Å². The number of hydrogen-bond acceptors (Lipinski definition) is 3. The number of hydrogen-bond donors (Lipinski definition) is 2. The fraction of sp³-hybridized carbons (Fsp3) is 0.143. The van der Waals surface area contributed by atoms with Crippen LogP contribution in [0.15, 0.2) is 53.4 Å².